The Morgan fingerprint density at radius 1 is 1.15 bits per heavy atom. The molecule has 26 heavy (non-hydrogen) atoms. The molecule has 3 rings (SSSR count). The maximum absolute atomic E-state index is 12.6. The van der Waals surface area contributed by atoms with Crippen molar-refractivity contribution >= 4 is 5.91 Å². The fourth-order valence-electron chi connectivity index (χ4n) is 3.61. The number of hydrogen-bond acceptors (Lipinski definition) is 3. The largest absolute Gasteiger partial charge is 0.355 e. The van der Waals surface area contributed by atoms with Gasteiger partial charge in [0, 0.05) is 31.4 Å². The summed E-state index contributed by atoms with van der Waals surface area (Å²) in [5.74, 6) is 0.107. The van der Waals surface area contributed by atoms with Crippen LogP contribution in [0, 0.1) is 6.92 Å². The Bertz CT molecular complexity index is 785. The molecular formula is C21H27N3O2. The third kappa shape index (κ3) is 4.61. The highest BCUT2D eigenvalue weighted by Crippen LogP contribution is 2.20. The Morgan fingerprint density at radius 3 is 2.73 bits per heavy atom. The molecule has 1 aliphatic heterocycles. The molecule has 0 radical (unpaired) electrons. The summed E-state index contributed by atoms with van der Waals surface area (Å²) in [6, 6.07) is 15.5. The molecule has 0 unspecified atom stereocenters. The van der Waals surface area contributed by atoms with E-state index in [-0.39, 0.29) is 17.5 Å². The molecule has 2 aromatic rings. The Hall–Kier alpha value is -2.40. The van der Waals surface area contributed by atoms with Gasteiger partial charge in [0.05, 0.1) is 6.04 Å². The number of nitrogens with zero attached hydrogens (tertiary/aromatic N) is 2. The average Bonchev–Trinajstić information content (AvgIpc) is 3.09. The number of carbonyl (C=O) groups excluding carboxylic acids is 1. The van der Waals surface area contributed by atoms with Gasteiger partial charge in [-0.1, -0.05) is 36.4 Å². The van der Waals surface area contributed by atoms with Crippen molar-refractivity contribution in [1.82, 2.24) is 14.8 Å². The van der Waals surface area contributed by atoms with Gasteiger partial charge in [-0.25, -0.2) is 0 Å². The third-order valence-corrected chi connectivity index (χ3v) is 5.02. The van der Waals surface area contributed by atoms with Gasteiger partial charge in [0.1, 0.15) is 0 Å². The lowest BCUT2D eigenvalue weighted by atomic mass is 10.1. The predicted molar refractivity (Wildman–Crippen MR) is 103 cm³/mol. The minimum atomic E-state index is -0.0450. The maximum Gasteiger partial charge on any atom is 0.250 e. The van der Waals surface area contributed by atoms with E-state index in [0.717, 1.165) is 38.0 Å². The van der Waals surface area contributed by atoms with Gasteiger partial charge in [-0.15, -0.1) is 0 Å². The number of aryl methyl sites for hydroxylation is 1. The Morgan fingerprint density at radius 2 is 1.96 bits per heavy atom. The molecule has 5 nitrogen and oxygen atoms in total. The smallest absolute Gasteiger partial charge is 0.250 e. The second kappa shape index (κ2) is 8.81. The third-order valence-electron chi connectivity index (χ3n) is 5.02. The van der Waals surface area contributed by atoms with E-state index in [1.54, 1.807) is 16.7 Å². The normalized spacial score (nSPS) is 17.3. The molecule has 138 valence electrons. The van der Waals surface area contributed by atoms with Crippen LogP contribution in [0.4, 0.5) is 0 Å². The van der Waals surface area contributed by atoms with Crippen molar-refractivity contribution in [2.24, 2.45) is 0 Å². The van der Waals surface area contributed by atoms with Crippen LogP contribution in [0.25, 0.3) is 0 Å². The Balaban J connectivity index is 1.47. The van der Waals surface area contributed by atoms with E-state index in [1.165, 1.54) is 5.56 Å². The standard InChI is InChI=1S/C21H27N3O2/c1-17-8-5-12-20(25)24(17)15-7-13-22-21(26)19-11-6-14-23(19)16-18-9-3-2-4-10-18/h2-5,8-10,12,19H,6-7,11,13-16H2,1H3,(H,22,26)/t19-/m0/s1. The second-order valence-electron chi connectivity index (χ2n) is 6.92. The first-order chi connectivity index (χ1) is 12.6. The zero-order valence-electron chi connectivity index (χ0n) is 15.4. The van der Waals surface area contributed by atoms with Crippen LogP contribution < -0.4 is 10.9 Å². The summed E-state index contributed by atoms with van der Waals surface area (Å²) in [7, 11) is 0. The van der Waals surface area contributed by atoms with E-state index < -0.39 is 0 Å². The van der Waals surface area contributed by atoms with Gasteiger partial charge in [0.2, 0.25) is 5.91 Å². The summed E-state index contributed by atoms with van der Waals surface area (Å²) in [6.45, 7) is 4.93. The second-order valence-corrected chi connectivity index (χ2v) is 6.92. The van der Waals surface area contributed by atoms with Crippen molar-refractivity contribution in [3.8, 4) is 0 Å². The van der Waals surface area contributed by atoms with Gasteiger partial charge in [0.15, 0.2) is 0 Å². The van der Waals surface area contributed by atoms with E-state index in [4.69, 9.17) is 0 Å². The SMILES string of the molecule is Cc1cccc(=O)n1CCCNC(=O)[C@@H]1CCCN1Cc1ccccc1. The molecule has 5 heteroatoms. The number of amides is 1. The summed E-state index contributed by atoms with van der Waals surface area (Å²) in [4.78, 5) is 26.7. The predicted octanol–water partition coefficient (Wildman–Crippen LogP) is 2.33. The number of carbonyl (C=O) groups is 1. The van der Waals surface area contributed by atoms with E-state index in [9.17, 15) is 9.59 Å². The molecule has 0 bridgehead atoms. The molecule has 1 aromatic carbocycles. The number of pyridine rings is 1. The summed E-state index contributed by atoms with van der Waals surface area (Å²) in [5.41, 5.74) is 2.21. The zero-order valence-corrected chi connectivity index (χ0v) is 15.4. The van der Waals surface area contributed by atoms with Crippen molar-refractivity contribution in [3.63, 3.8) is 0 Å². The minimum absolute atomic E-state index is 0.0150. The molecule has 0 saturated carbocycles. The molecule has 1 atom stereocenters. The topological polar surface area (TPSA) is 54.3 Å². The van der Waals surface area contributed by atoms with E-state index in [0.29, 0.717) is 13.1 Å². The van der Waals surface area contributed by atoms with Crippen molar-refractivity contribution in [2.75, 3.05) is 13.1 Å². The van der Waals surface area contributed by atoms with Crippen molar-refractivity contribution < 1.29 is 4.79 Å². The molecule has 1 aliphatic rings. The minimum Gasteiger partial charge on any atom is -0.355 e. The summed E-state index contributed by atoms with van der Waals surface area (Å²) < 4.78 is 1.75. The van der Waals surface area contributed by atoms with Gasteiger partial charge >= 0.3 is 0 Å². The van der Waals surface area contributed by atoms with Gasteiger partial charge in [-0.3, -0.25) is 14.5 Å². The number of benzene rings is 1. The molecule has 0 spiro atoms. The van der Waals surface area contributed by atoms with Crippen LogP contribution in [-0.4, -0.2) is 34.5 Å². The van der Waals surface area contributed by atoms with Crippen LogP contribution >= 0.6 is 0 Å². The Labute approximate surface area is 154 Å². The van der Waals surface area contributed by atoms with Crippen LogP contribution in [0.5, 0.6) is 0 Å². The van der Waals surface area contributed by atoms with Crippen LogP contribution in [-0.2, 0) is 17.9 Å². The molecule has 1 fully saturated rings. The maximum atomic E-state index is 12.6. The number of aromatic nitrogens is 1. The molecule has 1 aromatic heterocycles. The van der Waals surface area contributed by atoms with E-state index >= 15 is 0 Å². The quantitative estimate of drug-likeness (QED) is 0.778. The lowest BCUT2D eigenvalue weighted by molar-refractivity contribution is -0.125. The number of rotatable bonds is 7. The van der Waals surface area contributed by atoms with E-state index in [2.05, 4.69) is 22.3 Å². The number of hydrogen-bond donors (Lipinski definition) is 1. The first-order valence-electron chi connectivity index (χ1n) is 9.37. The lowest BCUT2D eigenvalue weighted by Gasteiger charge is -2.23. The molecule has 1 saturated heterocycles. The zero-order chi connectivity index (χ0) is 18.4. The van der Waals surface area contributed by atoms with Crippen molar-refractivity contribution in [2.45, 2.75) is 45.3 Å². The average molecular weight is 353 g/mol. The monoisotopic (exact) mass is 353 g/mol. The van der Waals surface area contributed by atoms with Crippen LogP contribution in [0.3, 0.4) is 0 Å². The van der Waals surface area contributed by atoms with Crippen LogP contribution in [0.1, 0.15) is 30.5 Å². The van der Waals surface area contributed by atoms with Crippen LogP contribution in [0.15, 0.2) is 53.3 Å². The molecule has 2 heterocycles. The first-order valence-corrected chi connectivity index (χ1v) is 9.37. The van der Waals surface area contributed by atoms with Crippen molar-refractivity contribution in [3.05, 3.63) is 70.1 Å². The van der Waals surface area contributed by atoms with Gasteiger partial charge < -0.3 is 9.88 Å². The summed E-state index contributed by atoms with van der Waals surface area (Å²) in [6.07, 6.45) is 2.72. The van der Waals surface area contributed by atoms with Gasteiger partial charge in [-0.2, -0.15) is 0 Å². The number of likely N-dealkylation sites (tertiary alicyclic amines) is 1. The van der Waals surface area contributed by atoms with E-state index in [1.807, 2.05) is 31.2 Å². The van der Waals surface area contributed by atoms with Gasteiger partial charge in [-0.05, 0) is 44.4 Å². The van der Waals surface area contributed by atoms with Crippen LogP contribution in [0.2, 0.25) is 0 Å². The fraction of sp³-hybridized carbons (Fsp3) is 0.429. The van der Waals surface area contributed by atoms with Gasteiger partial charge in [0.25, 0.3) is 5.56 Å². The summed E-state index contributed by atoms with van der Waals surface area (Å²) >= 11 is 0. The molecule has 0 aliphatic carbocycles. The highest BCUT2D eigenvalue weighted by atomic mass is 16.2. The number of nitrogens with one attached hydrogen (secondary N) is 1. The Kier molecular flexibility index (Phi) is 6.23. The highest BCUT2D eigenvalue weighted by molar-refractivity contribution is 5.82. The first kappa shape index (κ1) is 18.4. The summed E-state index contributed by atoms with van der Waals surface area (Å²) in [5, 5.41) is 3.05. The lowest BCUT2D eigenvalue weighted by Crippen LogP contribution is -2.43. The molecule has 1 N–H and O–H groups in total. The van der Waals surface area contributed by atoms with Crippen molar-refractivity contribution in [1.29, 1.82) is 0 Å². The molecular weight excluding hydrogens is 326 g/mol. The molecule has 1 amide bonds. The highest BCUT2D eigenvalue weighted by Gasteiger charge is 2.30. The fourth-order valence-corrected chi connectivity index (χ4v) is 3.61.